The molecule has 1 unspecified atom stereocenters. The molecule has 0 aliphatic rings. The normalized spacial score (nSPS) is 12.4. The Kier molecular flexibility index (Phi) is 5.77. The monoisotopic (exact) mass is 305 g/mol. The van der Waals surface area contributed by atoms with Crippen molar-refractivity contribution in [2.75, 3.05) is 13.1 Å². The third-order valence-corrected chi connectivity index (χ3v) is 3.93. The summed E-state index contributed by atoms with van der Waals surface area (Å²) >= 11 is 5.75. The first-order valence-corrected chi connectivity index (χ1v) is 7.69. The van der Waals surface area contributed by atoms with Gasteiger partial charge in [-0.1, -0.05) is 54.4 Å². The maximum absolute atomic E-state index is 13.6. The van der Waals surface area contributed by atoms with Crippen LogP contribution >= 0.6 is 11.6 Å². The molecule has 21 heavy (non-hydrogen) atoms. The summed E-state index contributed by atoms with van der Waals surface area (Å²) in [5.41, 5.74) is 3.50. The fourth-order valence-electron chi connectivity index (χ4n) is 2.50. The van der Waals surface area contributed by atoms with E-state index in [4.69, 9.17) is 11.6 Å². The fourth-order valence-corrected chi connectivity index (χ4v) is 2.62. The van der Waals surface area contributed by atoms with Gasteiger partial charge in [0.05, 0.1) is 5.02 Å². The molecule has 1 N–H and O–H groups in total. The van der Waals surface area contributed by atoms with Gasteiger partial charge in [-0.05, 0) is 43.1 Å². The summed E-state index contributed by atoms with van der Waals surface area (Å²) in [6.07, 6.45) is 0.796. The SMILES string of the molecule is CCNCC(Cc1ccc(Cl)c(F)c1)c1cccc(C)c1. The standard InChI is InChI=1S/C18H21ClFN/c1-3-21-12-16(15-6-4-5-13(2)9-15)10-14-7-8-17(19)18(20)11-14/h4-9,11,16,21H,3,10,12H2,1-2H3. The number of benzene rings is 2. The van der Waals surface area contributed by atoms with E-state index in [1.54, 1.807) is 6.07 Å². The fraction of sp³-hybridized carbons (Fsp3) is 0.333. The van der Waals surface area contributed by atoms with E-state index in [1.807, 2.05) is 6.07 Å². The topological polar surface area (TPSA) is 12.0 Å². The van der Waals surface area contributed by atoms with E-state index in [9.17, 15) is 4.39 Å². The molecule has 0 saturated carbocycles. The molecule has 0 amide bonds. The second-order valence-electron chi connectivity index (χ2n) is 5.37. The van der Waals surface area contributed by atoms with Gasteiger partial charge >= 0.3 is 0 Å². The maximum atomic E-state index is 13.6. The van der Waals surface area contributed by atoms with Crippen LogP contribution in [0.5, 0.6) is 0 Å². The van der Waals surface area contributed by atoms with Crippen molar-refractivity contribution in [2.45, 2.75) is 26.2 Å². The van der Waals surface area contributed by atoms with Crippen LogP contribution in [0, 0.1) is 12.7 Å². The summed E-state index contributed by atoms with van der Waals surface area (Å²) in [6.45, 7) is 5.99. The van der Waals surface area contributed by atoms with Crippen molar-refractivity contribution in [1.82, 2.24) is 5.32 Å². The first kappa shape index (κ1) is 16.0. The zero-order valence-electron chi connectivity index (χ0n) is 12.5. The lowest BCUT2D eigenvalue weighted by Gasteiger charge is -2.19. The van der Waals surface area contributed by atoms with Crippen LogP contribution in [0.4, 0.5) is 4.39 Å². The molecule has 1 nitrogen and oxygen atoms in total. The molecule has 3 heteroatoms. The minimum atomic E-state index is -0.347. The van der Waals surface area contributed by atoms with Crippen LogP contribution in [-0.4, -0.2) is 13.1 Å². The summed E-state index contributed by atoms with van der Waals surface area (Å²) in [5, 5.41) is 3.57. The number of aryl methyl sites for hydroxylation is 1. The molecule has 0 aromatic heterocycles. The van der Waals surface area contributed by atoms with E-state index in [0.29, 0.717) is 5.92 Å². The molecule has 2 aromatic carbocycles. The Balaban J connectivity index is 2.21. The minimum Gasteiger partial charge on any atom is -0.316 e. The van der Waals surface area contributed by atoms with Crippen molar-refractivity contribution >= 4 is 11.6 Å². The Morgan fingerprint density at radius 2 is 2.00 bits per heavy atom. The largest absolute Gasteiger partial charge is 0.316 e. The van der Waals surface area contributed by atoms with Gasteiger partial charge in [0, 0.05) is 12.5 Å². The number of nitrogens with one attached hydrogen (secondary N) is 1. The Morgan fingerprint density at radius 3 is 2.67 bits per heavy atom. The van der Waals surface area contributed by atoms with Crippen LogP contribution in [0.3, 0.4) is 0 Å². The smallest absolute Gasteiger partial charge is 0.142 e. The van der Waals surface area contributed by atoms with Crippen molar-refractivity contribution in [3.05, 3.63) is 70.0 Å². The van der Waals surface area contributed by atoms with Crippen molar-refractivity contribution in [1.29, 1.82) is 0 Å². The van der Waals surface area contributed by atoms with E-state index in [-0.39, 0.29) is 10.8 Å². The van der Waals surface area contributed by atoms with Gasteiger partial charge in [0.2, 0.25) is 0 Å². The first-order chi connectivity index (χ1) is 10.1. The van der Waals surface area contributed by atoms with Gasteiger partial charge in [-0.15, -0.1) is 0 Å². The minimum absolute atomic E-state index is 0.178. The van der Waals surface area contributed by atoms with Gasteiger partial charge in [0.1, 0.15) is 5.82 Å². The lowest BCUT2D eigenvalue weighted by molar-refractivity contribution is 0.588. The van der Waals surface area contributed by atoms with Crippen LogP contribution in [-0.2, 0) is 6.42 Å². The second-order valence-corrected chi connectivity index (χ2v) is 5.78. The van der Waals surface area contributed by atoms with Crippen LogP contribution in [0.1, 0.15) is 29.5 Å². The van der Waals surface area contributed by atoms with Crippen molar-refractivity contribution in [3.63, 3.8) is 0 Å². The Labute approximate surface area is 131 Å². The number of likely N-dealkylation sites (N-methyl/N-ethyl adjacent to an activating group) is 1. The highest BCUT2D eigenvalue weighted by Gasteiger charge is 2.13. The molecule has 2 rings (SSSR count). The molecule has 2 aromatic rings. The lowest BCUT2D eigenvalue weighted by Crippen LogP contribution is -2.22. The highest BCUT2D eigenvalue weighted by Crippen LogP contribution is 2.24. The molecule has 0 heterocycles. The lowest BCUT2D eigenvalue weighted by atomic mass is 9.91. The second kappa shape index (κ2) is 7.58. The third kappa shape index (κ3) is 4.55. The predicted molar refractivity (Wildman–Crippen MR) is 87.6 cm³/mol. The van der Waals surface area contributed by atoms with E-state index in [1.165, 1.54) is 17.2 Å². The van der Waals surface area contributed by atoms with E-state index in [2.05, 4.69) is 43.4 Å². The zero-order valence-corrected chi connectivity index (χ0v) is 13.3. The van der Waals surface area contributed by atoms with E-state index >= 15 is 0 Å². The van der Waals surface area contributed by atoms with Gasteiger partial charge < -0.3 is 5.32 Å². The summed E-state index contributed by atoms with van der Waals surface area (Å²) in [7, 11) is 0. The zero-order chi connectivity index (χ0) is 15.2. The van der Waals surface area contributed by atoms with Gasteiger partial charge in [-0.3, -0.25) is 0 Å². The van der Waals surface area contributed by atoms with Gasteiger partial charge in [0.15, 0.2) is 0 Å². The quantitative estimate of drug-likeness (QED) is 0.814. The van der Waals surface area contributed by atoms with Crippen LogP contribution in [0.2, 0.25) is 5.02 Å². The summed E-state index contributed by atoms with van der Waals surface area (Å²) in [5.74, 6) is -0.0222. The highest BCUT2D eigenvalue weighted by atomic mass is 35.5. The number of rotatable bonds is 6. The molecule has 0 radical (unpaired) electrons. The molecule has 0 aliphatic heterocycles. The van der Waals surface area contributed by atoms with E-state index in [0.717, 1.165) is 25.1 Å². The molecule has 0 saturated heterocycles. The van der Waals surface area contributed by atoms with Crippen LogP contribution < -0.4 is 5.32 Å². The van der Waals surface area contributed by atoms with Gasteiger partial charge in [-0.2, -0.15) is 0 Å². The summed E-state index contributed by atoms with van der Waals surface area (Å²) in [4.78, 5) is 0. The number of hydrogen-bond donors (Lipinski definition) is 1. The van der Waals surface area contributed by atoms with Crippen LogP contribution in [0.25, 0.3) is 0 Å². The predicted octanol–water partition coefficient (Wildman–Crippen LogP) is 4.72. The van der Waals surface area contributed by atoms with Gasteiger partial charge in [-0.25, -0.2) is 4.39 Å². The average Bonchev–Trinajstić information content (AvgIpc) is 2.47. The Bertz CT molecular complexity index is 598. The Hall–Kier alpha value is -1.38. The molecule has 0 aliphatic carbocycles. The maximum Gasteiger partial charge on any atom is 0.142 e. The molecular weight excluding hydrogens is 285 g/mol. The summed E-state index contributed by atoms with van der Waals surface area (Å²) in [6, 6.07) is 13.6. The first-order valence-electron chi connectivity index (χ1n) is 7.31. The van der Waals surface area contributed by atoms with Gasteiger partial charge in [0.25, 0.3) is 0 Å². The third-order valence-electron chi connectivity index (χ3n) is 3.62. The Morgan fingerprint density at radius 1 is 1.19 bits per heavy atom. The molecule has 0 fully saturated rings. The highest BCUT2D eigenvalue weighted by molar-refractivity contribution is 6.30. The average molecular weight is 306 g/mol. The van der Waals surface area contributed by atoms with Crippen LogP contribution in [0.15, 0.2) is 42.5 Å². The van der Waals surface area contributed by atoms with E-state index < -0.39 is 0 Å². The molecule has 1 atom stereocenters. The molecule has 0 bridgehead atoms. The molecule has 112 valence electrons. The number of hydrogen-bond acceptors (Lipinski definition) is 1. The van der Waals surface area contributed by atoms with Crippen molar-refractivity contribution < 1.29 is 4.39 Å². The molecule has 0 spiro atoms. The molecular formula is C18H21ClFN. The van der Waals surface area contributed by atoms with Crippen molar-refractivity contribution in [2.24, 2.45) is 0 Å². The summed E-state index contributed by atoms with van der Waals surface area (Å²) < 4.78 is 13.6. The number of halogens is 2. The van der Waals surface area contributed by atoms with Crippen molar-refractivity contribution in [3.8, 4) is 0 Å².